The molecule has 0 spiro atoms. The molecule has 0 radical (unpaired) electrons. The maximum Gasteiger partial charge on any atom is 0.231 e. The van der Waals surface area contributed by atoms with Crippen molar-refractivity contribution < 1.29 is 33.9 Å². The maximum atomic E-state index is 10.4. The molecule has 0 bridgehead atoms. The SMILES string of the molecule is COc1cccc(OC[C@H](O)C[NH+]2CC[NH+](Cc3ccc4c(c3)OCO4)CC2)c1. The molecule has 156 valence electrons. The highest BCUT2D eigenvalue weighted by atomic mass is 16.7. The van der Waals surface area contributed by atoms with Gasteiger partial charge in [0.25, 0.3) is 0 Å². The second kappa shape index (κ2) is 9.35. The Hall–Kier alpha value is -2.48. The average molecular weight is 402 g/mol. The largest absolute Gasteiger partial charge is 0.497 e. The zero-order valence-electron chi connectivity index (χ0n) is 16.9. The van der Waals surface area contributed by atoms with Crippen LogP contribution in [0.4, 0.5) is 0 Å². The minimum Gasteiger partial charge on any atom is -0.497 e. The number of piperazine rings is 1. The molecule has 0 aromatic heterocycles. The number of fused-ring (bicyclic) bond motifs is 1. The number of aliphatic hydroxyl groups excluding tert-OH is 1. The van der Waals surface area contributed by atoms with Crippen molar-refractivity contribution in [3.05, 3.63) is 48.0 Å². The van der Waals surface area contributed by atoms with Crippen LogP contribution in [0.1, 0.15) is 5.56 Å². The van der Waals surface area contributed by atoms with Gasteiger partial charge >= 0.3 is 0 Å². The summed E-state index contributed by atoms with van der Waals surface area (Å²) in [5, 5.41) is 10.4. The van der Waals surface area contributed by atoms with Crippen LogP contribution in [-0.4, -0.2) is 64.4 Å². The Balaban J connectivity index is 1.18. The van der Waals surface area contributed by atoms with Crippen molar-refractivity contribution >= 4 is 0 Å². The lowest BCUT2D eigenvalue weighted by molar-refractivity contribution is -1.02. The first kappa shape index (κ1) is 19.8. The van der Waals surface area contributed by atoms with Crippen LogP contribution < -0.4 is 28.7 Å². The van der Waals surface area contributed by atoms with Gasteiger partial charge in [-0.25, -0.2) is 0 Å². The fraction of sp³-hybridized carbons (Fsp3) is 0.455. The first-order valence-electron chi connectivity index (χ1n) is 10.2. The van der Waals surface area contributed by atoms with Gasteiger partial charge in [-0.1, -0.05) is 6.07 Å². The zero-order chi connectivity index (χ0) is 20.1. The molecule has 1 fully saturated rings. The van der Waals surface area contributed by atoms with E-state index < -0.39 is 6.10 Å². The number of nitrogens with one attached hydrogen (secondary N) is 2. The summed E-state index contributed by atoms with van der Waals surface area (Å²) in [4.78, 5) is 3.00. The molecule has 2 aliphatic rings. The van der Waals surface area contributed by atoms with E-state index in [0.717, 1.165) is 55.7 Å². The molecule has 7 nitrogen and oxygen atoms in total. The molecule has 29 heavy (non-hydrogen) atoms. The van der Waals surface area contributed by atoms with Gasteiger partial charge < -0.3 is 33.9 Å². The van der Waals surface area contributed by atoms with E-state index in [0.29, 0.717) is 19.9 Å². The molecule has 1 saturated heterocycles. The predicted molar refractivity (Wildman–Crippen MR) is 107 cm³/mol. The van der Waals surface area contributed by atoms with Gasteiger partial charge in [-0.05, 0) is 30.3 Å². The Kier molecular flexibility index (Phi) is 6.39. The Labute approximate surface area is 171 Å². The second-order valence-corrected chi connectivity index (χ2v) is 7.71. The predicted octanol–water partition coefficient (Wildman–Crippen LogP) is -0.853. The molecule has 7 heteroatoms. The molecule has 0 unspecified atom stereocenters. The molecule has 2 aromatic rings. The minimum absolute atomic E-state index is 0.296. The lowest BCUT2D eigenvalue weighted by atomic mass is 10.1. The van der Waals surface area contributed by atoms with E-state index in [1.165, 1.54) is 10.5 Å². The summed E-state index contributed by atoms with van der Waals surface area (Å²) >= 11 is 0. The van der Waals surface area contributed by atoms with E-state index in [4.69, 9.17) is 18.9 Å². The number of rotatable bonds is 8. The molecule has 2 aromatic carbocycles. The van der Waals surface area contributed by atoms with Gasteiger partial charge in [0.15, 0.2) is 11.5 Å². The Morgan fingerprint density at radius 3 is 2.55 bits per heavy atom. The highest BCUT2D eigenvalue weighted by Crippen LogP contribution is 2.32. The standard InChI is InChI=1S/C22H28N2O5/c1-26-19-3-2-4-20(12-19)27-15-18(25)14-24-9-7-23(8-10-24)13-17-5-6-21-22(11-17)29-16-28-21/h2-6,11-12,18,25H,7-10,13-16H2,1H3/p+2/t18-/m1/s1. The molecular weight excluding hydrogens is 372 g/mol. The monoisotopic (exact) mass is 402 g/mol. The highest BCUT2D eigenvalue weighted by molar-refractivity contribution is 5.44. The Bertz CT molecular complexity index is 808. The Morgan fingerprint density at radius 1 is 0.966 bits per heavy atom. The number of ether oxygens (including phenoxy) is 4. The van der Waals surface area contributed by atoms with Crippen molar-refractivity contribution in [1.82, 2.24) is 0 Å². The van der Waals surface area contributed by atoms with E-state index in [1.807, 2.05) is 30.3 Å². The molecular formula is C22H30N2O5+2. The minimum atomic E-state index is -0.480. The zero-order valence-corrected chi connectivity index (χ0v) is 16.9. The van der Waals surface area contributed by atoms with Crippen LogP contribution in [-0.2, 0) is 6.54 Å². The van der Waals surface area contributed by atoms with Crippen molar-refractivity contribution in [2.45, 2.75) is 12.6 Å². The van der Waals surface area contributed by atoms with Gasteiger partial charge in [0.1, 0.15) is 63.5 Å². The van der Waals surface area contributed by atoms with Crippen LogP contribution in [0.15, 0.2) is 42.5 Å². The van der Waals surface area contributed by atoms with Crippen molar-refractivity contribution in [2.75, 3.05) is 53.2 Å². The van der Waals surface area contributed by atoms with Gasteiger partial charge in [-0.3, -0.25) is 0 Å². The fourth-order valence-corrected chi connectivity index (χ4v) is 3.95. The van der Waals surface area contributed by atoms with Crippen LogP contribution in [0.25, 0.3) is 0 Å². The van der Waals surface area contributed by atoms with Crippen LogP contribution in [0, 0.1) is 0 Å². The lowest BCUT2D eigenvalue weighted by Gasteiger charge is -2.30. The summed E-state index contributed by atoms with van der Waals surface area (Å²) in [5.41, 5.74) is 1.28. The molecule has 2 aliphatic heterocycles. The van der Waals surface area contributed by atoms with Gasteiger partial charge in [-0.2, -0.15) is 0 Å². The first-order chi connectivity index (χ1) is 14.2. The fourth-order valence-electron chi connectivity index (χ4n) is 3.95. The number of quaternary nitrogens is 2. The second-order valence-electron chi connectivity index (χ2n) is 7.71. The molecule has 2 heterocycles. The molecule has 0 amide bonds. The summed E-state index contributed by atoms with van der Waals surface area (Å²) in [6.07, 6.45) is -0.480. The van der Waals surface area contributed by atoms with Crippen LogP contribution in [0.3, 0.4) is 0 Å². The number of hydrogen-bond acceptors (Lipinski definition) is 5. The van der Waals surface area contributed by atoms with Crippen LogP contribution >= 0.6 is 0 Å². The third-order valence-corrected chi connectivity index (χ3v) is 5.56. The smallest absolute Gasteiger partial charge is 0.231 e. The summed E-state index contributed by atoms with van der Waals surface area (Å²) in [6.45, 7) is 6.60. The van der Waals surface area contributed by atoms with Crippen molar-refractivity contribution in [3.63, 3.8) is 0 Å². The van der Waals surface area contributed by atoms with Crippen LogP contribution in [0.5, 0.6) is 23.0 Å². The number of hydrogen-bond donors (Lipinski definition) is 3. The molecule has 0 saturated carbocycles. The van der Waals surface area contributed by atoms with E-state index >= 15 is 0 Å². The molecule has 1 atom stereocenters. The van der Waals surface area contributed by atoms with Crippen LogP contribution in [0.2, 0.25) is 0 Å². The third-order valence-electron chi connectivity index (χ3n) is 5.56. The Morgan fingerprint density at radius 2 is 1.72 bits per heavy atom. The number of methoxy groups -OCH3 is 1. The quantitative estimate of drug-likeness (QED) is 0.537. The van der Waals surface area contributed by atoms with E-state index in [9.17, 15) is 5.11 Å². The number of benzene rings is 2. The summed E-state index contributed by atoms with van der Waals surface area (Å²) in [6, 6.07) is 13.7. The van der Waals surface area contributed by atoms with Crippen molar-refractivity contribution in [3.8, 4) is 23.0 Å². The third kappa shape index (κ3) is 5.32. The van der Waals surface area contributed by atoms with Crippen molar-refractivity contribution in [1.29, 1.82) is 0 Å². The summed E-state index contributed by atoms with van der Waals surface area (Å²) in [7, 11) is 1.63. The van der Waals surface area contributed by atoms with Gasteiger partial charge in [0.05, 0.1) is 7.11 Å². The highest BCUT2D eigenvalue weighted by Gasteiger charge is 2.26. The summed E-state index contributed by atoms with van der Waals surface area (Å²) < 4.78 is 21.8. The molecule has 4 rings (SSSR count). The van der Waals surface area contributed by atoms with Gasteiger partial charge in [-0.15, -0.1) is 0 Å². The van der Waals surface area contributed by atoms with Gasteiger partial charge in [0, 0.05) is 11.6 Å². The number of aliphatic hydroxyl groups is 1. The average Bonchev–Trinajstić information content (AvgIpc) is 3.22. The van der Waals surface area contributed by atoms with Crippen molar-refractivity contribution in [2.24, 2.45) is 0 Å². The first-order valence-corrected chi connectivity index (χ1v) is 10.2. The maximum absolute atomic E-state index is 10.4. The molecule has 3 N–H and O–H groups in total. The molecule has 0 aliphatic carbocycles. The summed E-state index contributed by atoms with van der Waals surface area (Å²) in [5.74, 6) is 3.16. The van der Waals surface area contributed by atoms with E-state index in [2.05, 4.69) is 12.1 Å². The normalized spacial score (nSPS) is 21.6. The van der Waals surface area contributed by atoms with E-state index in [-0.39, 0.29) is 0 Å². The van der Waals surface area contributed by atoms with Gasteiger partial charge in [0.2, 0.25) is 6.79 Å². The van der Waals surface area contributed by atoms with E-state index in [1.54, 1.807) is 12.0 Å². The topological polar surface area (TPSA) is 66.0 Å². The lowest BCUT2D eigenvalue weighted by Crippen LogP contribution is -3.28.